The Kier molecular flexibility index (Phi) is 8.99. The van der Waals surface area contributed by atoms with Gasteiger partial charge in [0, 0.05) is 11.9 Å². The zero-order valence-corrected chi connectivity index (χ0v) is 20.4. The molecule has 0 radical (unpaired) electrons. The van der Waals surface area contributed by atoms with Crippen LogP contribution in [-0.2, 0) is 15.5 Å². The quantitative estimate of drug-likeness (QED) is 0.367. The van der Waals surface area contributed by atoms with Crippen molar-refractivity contribution in [2.24, 2.45) is 10.1 Å². The summed E-state index contributed by atoms with van der Waals surface area (Å²) < 4.78 is 72.0. The minimum atomic E-state index is -4.57. The standard InChI is InChI=1S/C17H29BrF4N4OS2/c1-6-28(7-2,8-3)12-9-13(18)26-15(14(12)19)16(4,23)11-29(27,24-5)25-10-17(20,21)22/h9H,6-8,10-11,23H2,1-5H3,(H,24,25,27). The monoisotopic (exact) mass is 524 g/mol. The van der Waals surface area contributed by atoms with Gasteiger partial charge in [0.25, 0.3) is 0 Å². The molecular weight excluding hydrogens is 496 g/mol. The summed E-state index contributed by atoms with van der Waals surface area (Å²) in [5, 5.41) is 0. The average molecular weight is 525 g/mol. The molecule has 0 saturated carbocycles. The number of nitrogens with zero attached hydrogens (tertiary/aromatic N) is 2. The molecule has 0 aliphatic rings. The Morgan fingerprint density at radius 3 is 2.17 bits per heavy atom. The minimum absolute atomic E-state index is 0.140. The molecule has 1 rings (SSSR count). The largest absolute Gasteiger partial charge is 0.402 e. The van der Waals surface area contributed by atoms with Gasteiger partial charge in [0.15, 0.2) is 5.82 Å². The van der Waals surface area contributed by atoms with E-state index in [1.165, 1.54) is 6.92 Å². The van der Waals surface area contributed by atoms with Crippen LogP contribution < -0.4 is 10.5 Å². The number of nitrogens with one attached hydrogen (secondary N) is 1. The molecule has 12 heteroatoms. The van der Waals surface area contributed by atoms with E-state index in [0.29, 0.717) is 9.50 Å². The lowest BCUT2D eigenvalue weighted by molar-refractivity contribution is -0.121. The fourth-order valence-electron chi connectivity index (χ4n) is 3.10. The van der Waals surface area contributed by atoms with Gasteiger partial charge in [-0.2, -0.15) is 13.2 Å². The second-order valence-electron chi connectivity index (χ2n) is 6.84. The molecule has 0 aliphatic heterocycles. The van der Waals surface area contributed by atoms with Gasteiger partial charge < -0.3 is 5.73 Å². The molecule has 0 fully saturated rings. The average Bonchev–Trinajstić information content (AvgIpc) is 2.63. The predicted octanol–water partition coefficient (Wildman–Crippen LogP) is 4.55. The Labute approximate surface area is 180 Å². The molecule has 2 unspecified atom stereocenters. The Balaban J connectivity index is 3.47. The van der Waals surface area contributed by atoms with Gasteiger partial charge in [-0.1, -0.05) is 20.8 Å². The van der Waals surface area contributed by atoms with Gasteiger partial charge >= 0.3 is 6.18 Å². The maximum atomic E-state index is 15.6. The van der Waals surface area contributed by atoms with Crippen molar-refractivity contribution in [1.29, 1.82) is 0 Å². The van der Waals surface area contributed by atoms with Crippen LogP contribution in [0.25, 0.3) is 0 Å². The van der Waals surface area contributed by atoms with Crippen molar-refractivity contribution < 1.29 is 21.8 Å². The Bertz CT molecular complexity index is 827. The minimum Gasteiger partial charge on any atom is -0.319 e. The molecule has 3 N–H and O–H groups in total. The molecular formula is C17H29BrF4N4OS2. The van der Waals surface area contributed by atoms with E-state index < -0.39 is 49.8 Å². The van der Waals surface area contributed by atoms with Crippen LogP contribution in [-0.4, -0.2) is 52.0 Å². The van der Waals surface area contributed by atoms with Gasteiger partial charge in [0.2, 0.25) is 0 Å². The highest BCUT2D eigenvalue weighted by Crippen LogP contribution is 2.56. The van der Waals surface area contributed by atoms with Crippen molar-refractivity contribution in [3.8, 4) is 0 Å². The Morgan fingerprint density at radius 1 is 1.24 bits per heavy atom. The van der Waals surface area contributed by atoms with Gasteiger partial charge in [0.05, 0.1) is 17.0 Å². The third kappa shape index (κ3) is 6.52. The fraction of sp³-hybridized carbons (Fsp3) is 0.706. The first-order valence-electron chi connectivity index (χ1n) is 9.05. The molecule has 1 aromatic heterocycles. The molecule has 1 heterocycles. The lowest BCUT2D eigenvalue weighted by Crippen LogP contribution is -2.47. The van der Waals surface area contributed by atoms with Crippen molar-refractivity contribution >= 4 is 35.9 Å². The summed E-state index contributed by atoms with van der Waals surface area (Å²) in [7, 11) is -3.87. The highest BCUT2D eigenvalue weighted by molar-refractivity contribution is 9.10. The molecule has 0 aromatic carbocycles. The topological polar surface area (TPSA) is 80.4 Å². The molecule has 0 saturated heterocycles. The van der Waals surface area contributed by atoms with Crippen molar-refractivity contribution in [2.45, 2.75) is 44.3 Å². The highest BCUT2D eigenvalue weighted by Gasteiger charge is 2.37. The number of pyridine rings is 1. The van der Waals surface area contributed by atoms with Gasteiger partial charge in [-0.05, 0) is 46.2 Å². The van der Waals surface area contributed by atoms with Crippen molar-refractivity contribution in [3.63, 3.8) is 0 Å². The molecule has 0 spiro atoms. The van der Waals surface area contributed by atoms with E-state index in [1.54, 1.807) is 6.07 Å². The van der Waals surface area contributed by atoms with Crippen LogP contribution in [0.5, 0.6) is 0 Å². The Morgan fingerprint density at radius 2 is 1.76 bits per heavy atom. The molecule has 2 atom stereocenters. The van der Waals surface area contributed by atoms with E-state index in [1.807, 2.05) is 25.5 Å². The summed E-state index contributed by atoms with van der Waals surface area (Å²) >= 11 is 3.29. The first kappa shape index (κ1) is 26.6. The second kappa shape index (κ2) is 9.80. The van der Waals surface area contributed by atoms with Gasteiger partial charge in [0.1, 0.15) is 21.1 Å². The molecule has 0 aliphatic carbocycles. The van der Waals surface area contributed by atoms with E-state index in [-0.39, 0.29) is 5.69 Å². The third-order valence-corrected chi connectivity index (χ3v) is 12.0. The molecule has 5 nitrogen and oxygen atoms in total. The summed E-state index contributed by atoms with van der Waals surface area (Å²) in [4.78, 5) is 4.68. The SMILES string of the molecule is CCS(CC)(CC)c1cc(Br)nc(C(C)(N)CS(=O)(=NC)NCC(F)(F)F)c1F. The molecule has 170 valence electrons. The van der Waals surface area contributed by atoms with Crippen molar-refractivity contribution in [3.05, 3.63) is 22.2 Å². The molecule has 29 heavy (non-hydrogen) atoms. The summed E-state index contributed by atoms with van der Waals surface area (Å²) in [6.45, 7) is 5.91. The molecule has 1 aromatic rings. The van der Waals surface area contributed by atoms with Gasteiger partial charge in [-0.3, -0.25) is 0 Å². The van der Waals surface area contributed by atoms with E-state index in [0.717, 1.165) is 24.3 Å². The number of aromatic nitrogens is 1. The summed E-state index contributed by atoms with van der Waals surface area (Å²) in [6, 6.07) is 1.64. The normalized spacial score (nSPS) is 17.5. The first-order valence-corrected chi connectivity index (χ1v) is 13.7. The fourth-order valence-corrected chi connectivity index (χ4v) is 8.35. The maximum Gasteiger partial charge on any atom is 0.402 e. The number of hydrogen-bond acceptors (Lipinski definition) is 4. The predicted molar refractivity (Wildman–Crippen MR) is 116 cm³/mol. The smallest absolute Gasteiger partial charge is 0.319 e. The number of hydrogen-bond donors (Lipinski definition) is 2. The van der Waals surface area contributed by atoms with Gasteiger partial charge in [-0.25, -0.2) is 32.7 Å². The van der Waals surface area contributed by atoms with Crippen LogP contribution in [0.3, 0.4) is 0 Å². The van der Waals surface area contributed by atoms with Crippen LogP contribution in [0.15, 0.2) is 19.9 Å². The summed E-state index contributed by atoms with van der Waals surface area (Å²) in [6.07, 6.45) is -4.57. The lowest BCUT2D eigenvalue weighted by Gasteiger charge is -2.39. The van der Waals surface area contributed by atoms with Crippen LogP contribution in [0.4, 0.5) is 17.6 Å². The van der Waals surface area contributed by atoms with Crippen LogP contribution >= 0.6 is 26.0 Å². The highest BCUT2D eigenvalue weighted by atomic mass is 79.9. The lowest BCUT2D eigenvalue weighted by atomic mass is 10.0. The second-order valence-corrected chi connectivity index (χ2v) is 14.1. The van der Waals surface area contributed by atoms with E-state index in [2.05, 4.69) is 25.3 Å². The van der Waals surface area contributed by atoms with E-state index in [9.17, 15) is 17.4 Å². The number of alkyl halides is 3. The van der Waals surface area contributed by atoms with Crippen molar-refractivity contribution in [1.82, 2.24) is 9.71 Å². The zero-order valence-electron chi connectivity index (χ0n) is 17.2. The van der Waals surface area contributed by atoms with Crippen LogP contribution in [0.1, 0.15) is 33.4 Å². The van der Waals surface area contributed by atoms with Crippen LogP contribution in [0.2, 0.25) is 0 Å². The maximum absolute atomic E-state index is 15.6. The Hall–Kier alpha value is -0.430. The number of halogens is 5. The molecule has 0 bridgehead atoms. The number of nitrogens with two attached hydrogens (primary N) is 1. The summed E-state index contributed by atoms with van der Waals surface area (Å²) in [5.74, 6) is 1.18. The number of rotatable bonds is 9. The van der Waals surface area contributed by atoms with Crippen molar-refractivity contribution in [2.75, 3.05) is 36.6 Å². The van der Waals surface area contributed by atoms with E-state index in [4.69, 9.17) is 5.73 Å². The van der Waals surface area contributed by atoms with Crippen LogP contribution in [0, 0.1) is 5.82 Å². The van der Waals surface area contributed by atoms with E-state index >= 15 is 4.39 Å². The zero-order chi connectivity index (χ0) is 22.7. The third-order valence-electron chi connectivity index (χ3n) is 4.85. The summed E-state index contributed by atoms with van der Waals surface area (Å²) in [5.41, 5.74) is 4.52. The molecule has 0 amide bonds. The first-order chi connectivity index (χ1) is 13.2. The van der Waals surface area contributed by atoms with Gasteiger partial charge in [-0.15, -0.1) is 0 Å².